The molecule has 102 valence electrons. The molecule has 1 saturated carbocycles. The molecule has 18 heavy (non-hydrogen) atoms. The van der Waals surface area contributed by atoms with Crippen molar-refractivity contribution in [3.8, 4) is 0 Å². The monoisotopic (exact) mass is 268 g/mol. The van der Waals surface area contributed by atoms with Crippen molar-refractivity contribution in [3.63, 3.8) is 0 Å². The molecule has 0 radical (unpaired) electrons. The van der Waals surface area contributed by atoms with Crippen molar-refractivity contribution in [1.29, 1.82) is 0 Å². The van der Waals surface area contributed by atoms with Crippen LogP contribution in [0.15, 0.2) is 0 Å². The molecule has 0 bridgehead atoms. The van der Waals surface area contributed by atoms with E-state index in [1.54, 1.807) is 7.11 Å². The molecule has 0 spiro atoms. The number of thiazole rings is 1. The molecule has 0 amide bonds. The van der Waals surface area contributed by atoms with E-state index in [9.17, 15) is 0 Å². The molecule has 0 unspecified atom stereocenters. The van der Waals surface area contributed by atoms with Gasteiger partial charge in [0.1, 0.15) is 0 Å². The maximum absolute atomic E-state index is 5.07. The van der Waals surface area contributed by atoms with Gasteiger partial charge in [-0.2, -0.15) is 0 Å². The number of rotatable bonds is 7. The Morgan fingerprint density at radius 3 is 2.67 bits per heavy atom. The molecule has 1 heterocycles. The summed E-state index contributed by atoms with van der Waals surface area (Å²) < 4.78 is 5.07. The fraction of sp³-hybridized carbons (Fsp3) is 0.786. The molecule has 1 aromatic rings. The third kappa shape index (κ3) is 3.31. The van der Waals surface area contributed by atoms with Gasteiger partial charge in [-0.05, 0) is 32.1 Å². The van der Waals surface area contributed by atoms with Gasteiger partial charge < -0.3 is 10.1 Å². The Labute approximate surface area is 114 Å². The van der Waals surface area contributed by atoms with E-state index in [-0.39, 0.29) is 0 Å². The zero-order chi connectivity index (χ0) is 13.0. The third-order valence-corrected chi connectivity index (χ3v) is 5.07. The minimum absolute atomic E-state index is 0.463. The summed E-state index contributed by atoms with van der Waals surface area (Å²) in [5, 5.41) is 4.84. The lowest BCUT2D eigenvalue weighted by molar-refractivity contribution is 0.123. The van der Waals surface area contributed by atoms with Crippen molar-refractivity contribution in [3.05, 3.63) is 15.6 Å². The van der Waals surface area contributed by atoms with Crippen molar-refractivity contribution >= 4 is 11.3 Å². The zero-order valence-corrected chi connectivity index (χ0v) is 12.5. The van der Waals surface area contributed by atoms with Gasteiger partial charge in [0.2, 0.25) is 0 Å². The Bertz CT molecular complexity index is 366. The average molecular weight is 268 g/mol. The van der Waals surface area contributed by atoms with Crippen molar-refractivity contribution in [2.75, 3.05) is 26.8 Å². The molecule has 3 nitrogen and oxygen atoms in total. The molecule has 1 aromatic heterocycles. The van der Waals surface area contributed by atoms with Gasteiger partial charge in [0, 0.05) is 31.5 Å². The van der Waals surface area contributed by atoms with Crippen LogP contribution in [-0.4, -0.2) is 31.8 Å². The average Bonchev–Trinajstić information content (AvgIpc) is 2.60. The Morgan fingerprint density at radius 1 is 1.39 bits per heavy atom. The minimum Gasteiger partial charge on any atom is -0.383 e. The SMILES string of the molecule is COCCNCC1(Cc2nc(C)c(C)s2)CCC1. The van der Waals surface area contributed by atoms with Gasteiger partial charge in [-0.3, -0.25) is 0 Å². The Hall–Kier alpha value is -0.450. The predicted octanol–water partition coefficient (Wildman–Crippen LogP) is 2.71. The van der Waals surface area contributed by atoms with Gasteiger partial charge >= 0.3 is 0 Å². The van der Waals surface area contributed by atoms with Crippen LogP contribution >= 0.6 is 11.3 Å². The van der Waals surface area contributed by atoms with E-state index in [0.717, 1.165) is 26.1 Å². The zero-order valence-electron chi connectivity index (χ0n) is 11.7. The van der Waals surface area contributed by atoms with Gasteiger partial charge in [-0.15, -0.1) is 11.3 Å². The van der Waals surface area contributed by atoms with E-state index >= 15 is 0 Å². The van der Waals surface area contributed by atoms with Gasteiger partial charge in [0.05, 0.1) is 17.3 Å². The standard InChI is InChI=1S/C14H24N2OS/c1-11-12(2)18-13(16-11)9-14(5-4-6-14)10-15-7-8-17-3/h15H,4-10H2,1-3H3. The molecule has 1 aliphatic rings. The van der Waals surface area contributed by atoms with Crippen LogP contribution in [0.4, 0.5) is 0 Å². The summed E-state index contributed by atoms with van der Waals surface area (Å²) in [6.45, 7) is 7.13. The first kappa shape index (κ1) is 14.0. The number of methoxy groups -OCH3 is 1. The Morgan fingerprint density at radius 2 is 2.17 bits per heavy atom. The van der Waals surface area contributed by atoms with Crippen LogP contribution < -0.4 is 5.32 Å². The number of nitrogens with one attached hydrogen (secondary N) is 1. The van der Waals surface area contributed by atoms with Crippen LogP contribution in [0, 0.1) is 19.3 Å². The lowest BCUT2D eigenvalue weighted by Crippen LogP contribution is -2.42. The molecular formula is C14H24N2OS. The smallest absolute Gasteiger partial charge is 0.0936 e. The largest absolute Gasteiger partial charge is 0.383 e. The van der Waals surface area contributed by atoms with Crippen LogP contribution in [0.5, 0.6) is 0 Å². The summed E-state index contributed by atoms with van der Waals surface area (Å²) in [4.78, 5) is 6.05. The number of nitrogens with zero attached hydrogens (tertiary/aromatic N) is 1. The summed E-state index contributed by atoms with van der Waals surface area (Å²) >= 11 is 1.87. The quantitative estimate of drug-likeness (QED) is 0.772. The van der Waals surface area contributed by atoms with E-state index in [2.05, 4.69) is 24.1 Å². The second-order valence-corrected chi connectivity index (χ2v) is 6.74. The highest BCUT2D eigenvalue weighted by Crippen LogP contribution is 2.43. The first-order chi connectivity index (χ1) is 8.65. The number of ether oxygens (including phenoxy) is 1. The van der Waals surface area contributed by atoms with Crippen LogP contribution in [0.3, 0.4) is 0 Å². The molecule has 1 aliphatic carbocycles. The van der Waals surface area contributed by atoms with Gasteiger partial charge in [0.15, 0.2) is 0 Å². The van der Waals surface area contributed by atoms with Crippen LogP contribution in [0.25, 0.3) is 0 Å². The molecule has 1 fully saturated rings. The maximum Gasteiger partial charge on any atom is 0.0936 e. The van der Waals surface area contributed by atoms with Crippen molar-refractivity contribution < 1.29 is 4.74 Å². The van der Waals surface area contributed by atoms with Crippen LogP contribution in [0.2, 0.25) is 0 Å². The van der Waals surface area contributed by atoms with E-state index < -0.39 is 0 Å². The summed E-state index contributed by atoms with van der Waals surface area (Å²) in [7, 11) is 1.75. The first-order valence-corrected chi connectivity index (χ1v) is 7.59. The topological polar surface area (TPSA) is 34.1 Å². The summed E-state index contributed by atoms with van der Waals surface area (Å²) in [5.74, 6) is 0. The highest BCUT2D eigenvalue weighted by atomic mass is 32.1. The fourth-order valence-corrected chi connectivity index (χ4v) is 3.66. The van der Waals surface area contributed by atoms with E-state index in [1.807, 2.05) is 11.3 Å². The number of hydrogen-bond donors (Lipinski definition) is 1. The maximum atomic E-state index is 5.07. The number of aryl methyl sites for hydroxylation is 2. The number of hydrogen-bond acceptors (Lipinski definition) is 4. The van der Waals surface area contributed by atoms with Crippen LogP contribution in [0.1, 0.15) is 34.8 Å². The van der Waals surface area contributed by atoms with Crippen LogP contribution in [-0.2, 0) is 11.2 Å². The molecule has 1 N–H and O–H groups in total. The Balaban J connectivity index is 1.87. The molecule has 0 aliphatic heterocycles. The minimum atomic E-state index is 0.463. The first-order valence-electron chi connectivity index (χ1n) is 6.78. The molecule has 4 heteroatoms. The number of aromatic nitrogens is 1. The highest BCUT2D eigenvalue weighted by molar-refractivity contribution is 7.11. The second-order valence-electron chi connectivity index (χ2n) is 5.45. The normalized spacial score (nSPS) is 17.7. The summed E-state index contributed by atoms with van der Waals surface area (Å²) in [6, 6.07) is 0. The fourth-order valence-electron chi connectivity index (χ4n) is 2.56. The molecule has 2 rings (SSSR count). The van der Waals surface area contributed by atoms with Gasteiger partial charge in [-0.1, -0.05) is 6.42 Å². The van der Waals surface area contributed by atoms with Crippen molar-refractivity contribution in [2.45, 2.75) is 39.5 Å². The summed E-state index contributed by atoms with van der Waals surface area (Å²) in [5.41, 5.74) is 1.67. The highest BCUT2D eigenvalue weighted by Gasteiger charge is 2.37. The molecule has 0 saturated heterocycles. The molecule has 0 aromatic carbocycles. The van der Waals surface area contributed by atoms with E-state index in [1.165, 1.54) is 34.8 Å². The third-order valence-electron chi connectivity index (χ3n) is 4.00. The Kier molecular flexibility index (Phi) is 4.76. The molecule has 0 atom stereocenters. The molecular weight excluding hydrogens is 244 g/mol. The lowest BCUT2D eigenvalue weighted by Gasteiger charge is -2.41. The van der Waals surface area contributed by atoms with E-state index in [4.69, 9.17) is 4.74 Å². The summed E-state index contributed by atoms with van der Waals surface area (Å²) in [6.07, 6.45) is 5.19. The van der Waals surface area contributed by atoms with Crippen molar-refractivity contribution in [1.82, 2.24) is 10.3 Å². The van der Waals surface area contributed by atoms with E-state index in [0.29, 0.717) is 5.41 Å². The van der Waals surface area contributed by atoms with Gasteiger partial charge in [0.25, 0.3) is 0 Å². The second kappa shape index (κ2) is 6.13. The lowest BCUT2D eigenvalue weighted by atomic mass is 9.66. The van der Waals surface area contributed by atoms with Crippen molar-refractivity contribution in [2.24, 2.45) is 5.41 Å². The van der Waals surface area contributed by atoms with Gasteiger partial charge in [-0.25, -0.2) is 4.98 Å². The predicted molar refractivity (Wildman–Crippen MR) is 76.3 cm³/mol.